The van der Waals surface area contributed by atoms with Crippen molar-refractivity contribution in [2.45, 2.75) is 51.9 Å². The van der Waals surface area contributed by atoms with Crippen LogP contribution in [0.15, 0.2) is 18.2 Å². The SMILES string of the molecule is [3H]POc1ccc2c(c1)C[C@@H](C)C1C2CCC2(C)C(=O)CCC12. The van der Waals surface area contributed by atoms with E-state index in [0.29, 0.717) is 29.5 Å². The summed E-state index contributed by atoms with van der Waals surface area (Å²) in [5, 5.41) is 0. The summed E-state index contributed by atoms with van der Waals surface area (Å²) < 4.78 is 12.7. The first kappa shape index (κ1) is 13.5. The van der Waals surface area contributed by atoms with Gasteiger partial charge in [-0.25, -0.2) is 0 Å². The van der Waals surface area contributed by atoms with Crippen LogP contribution in [0.3, 0.4) is 0 Å². The topological polar surface area (TPSA) is 26.3 Å². The van der Waals surface area contributed by atoms with Crippen molar-refractivity contribution in [3.8, 4) is 5.75 Å². The van der Waals surface area contributed by atoms with E-state index in [9.17, 15) is 4.79 Å². The van der Waals surface area contributed by atoms with E-state index in [1.807, 2.05) is 6.07 Å². The summed E-state index contributed by atoms with van der Waals surface area (Å²) in [5.74, 6) is 3.79. The van der Waals surface area contributed by atoms with Crippen LogP contribution in [0, 0.1) is 23.2 Å². The molecule has 6 atom stereocenters. The molecule has 0 radical (unpaired) electrons. The minimum atomic E-state index is -0.251. The zero-order valence-electron chi connectivity index (χ0n) is 14.4. The first-order valence-corrected chi connectivity index (χ1v) is 8.95. The van der Waals surface area contributed by atoms with Crippen molar-refractivity contribution in [2.24, 2.45) is 23.2 Å². The molecule has 0 aliphatic heterocycles. The third kappa shape index (κ3) is 1.92. The first-order chi connectivity index (χ1) is 11.0. The fourth-order valence-electron chi connectivity index (χ4n) is 5.79. The number of hydrogen-bond acceptors (Lipinski definition) is 2. The van der Waals surface area contributed by atoms with Crippen LogP contribution in [0.1, 0.15) is 56.6 Å². The van der Waals surface area contributed by atoms with E-state index in [4.69, 9.17) is 5.80 Å². The highest BCUT2D eigenvalue weighted by atomic mass is 31.0. The molecule has 2 fully saturated rings. The normalized spacial score (nSPS) is 41.0. The lowest BCUT2D eigenvalue weighted by Crippen LogP contribution is -2.45. The fourth-order valence-corrected chi connectivity index (χ4v) is 5.92. The van der Waals surface area contributed by atoms with Crippen LogP contribution in [0.5, 0.6) is 5.75 Å². The zero-order valence-corrected chi connectivity index (χ0v) is 14.4. The van der Waals surface area contributed by atoms with Crippen LogP contribution in [0.2, 0.25) is 0 Å². The van der Waals surface area contributed by atoms with Gasteiger partial charge in [0.2, 0.25) is 0 Å². The summed E-state index contributed by atoms with van der Waals surface area (Å²) in [5.41, 5.74) is 2.83. The lowest BCUT2D eigenvalue weighted by atomic mass is 9.53. The number of carbonyl (C=O) groups is 1. The highest BCUT2D eigenvalue weighted by Crippen LogP contribution is 2.60. The number of ketones is 1. The largest absolute Gasteiger partial charge is 0.480 e. The second-order valence-electron chi connectivity index (χ2n) is 7.85. The van der Waals surface area contributed by atoms with Gasteiger partial charge in [-0.15, -0.1) is 0 Å². The second-order valence-corrected chi connectivity index (χ2v) is 8.06. The lowest BCUT2D eigenvalue weighted by Gasteiger charge is -2.51. The molecular formula is C19H25O2P. The number of carbonyl (C=O) groups excluding carboxylic acids is 1. The van der Waals surface area contributed by atoms with Crippen molar-refractivity contribution in [3.63, 3.8) is 0 Å². The molecule has 0 aromatic heterocycles. The summed E-state index contributed by atoms with van der Waals surface area (Å²) in [6, 6.07) is 6.41. The van der Waals surface area contributed by atoms with E-state index in [-0.39, 0.29) is 14.8 Å². The number of benzene rings is 1. The highest BCUT2D eigenvalue weighted by Gasteiger charge is 2.56. The Morgan fingerprint density at radius 2 is 2.27 bits per heavy atom. The number of rotatable bonds is 2. The van der Waals surface area contributed by atoms with Crippen LogP contribution in [0.4, 0.5) is 0 Å². The number of Topliss-reactive ketones (excluding diaryl/α,β-unsaturated/α-hetero) is 1. The summed E-state index contributed by atoms with van der Waals surface area (Å²) in [6.07, 6.45) is 5.16. The van der Waals surface area contributed by atoms with Crippen molar-refractivity contribution < 1.29 is 9.32 Å². The molecule has 0 amide bonds. The van der Waals surface area contributed by atoms with Gasteiger partial charge in [0.1, 0.15) is 11.5 Å². The second kappa shape index (κ2) is 5.06. The maximum absolute atomic E-state index is 12.4. The van der Waals surface area contributed by atoms with Crippen LogP contribution < -0.4 is 4.52 Å². The molecule has 0 heterocycles. The first-order valence-electron chi connectivity index (χ1n) is 9.04. The van der Waals surface area contributed by atoms with E-state index in [0.717, 1.165) is 37.9 Å². The van der Waals surface area contributed by atoms with Gasteiger partial charge in [0.25, 0.3) is 0 Å². The smallest absolute Gasteiger partial charge is 0.139 e. The predicted octanol–water partition coefficient (Wildman–Crippen LogP) is 4.53. The highest BCUT2D eigenvalue weighted by molar-refractivity contribution is 7.10. The quantitative estimate of drug-likeness (QED) is 0.749. The molecule has 1 aromatic carbocycles. The van der Waals surface area contributed by atoms with Gasteiger partial charge >= 0.3 is 0 Å². The Hall–Kier alpha value is -0.880. The molecular weight excluding hydrogens is 291 g/mol. The Morgan fingerprint density at radius 1 is 1.41 bits per heavy atom. The molecule has 118 valence electrons. The Kier molecular flexibility index (Phi) is 3.12. The van der Waals surface area contributed by atoms with Gasteiger partial charge in [-0.2, -0.15) is 0 Å². The van der Waals surface area contributed by atoms with Crippen molar-refractivity contribution in [1.29, 1.82) is 1.28 Å². The third-order valence-corrected chi connectivity index (χ3v) is 7.11. The van der Waals surface area contributed by atoms with Gasteiger partial charge in [-0.1, -0.05) is 19.9 Å². The monoisotopic (exact) mass is 318 g/mol. The summed E-state index contributed by atoms with van der Waals surface area (Å²) in [7, 11) is -0.251. The minimum Gasteiger partial charge on any atom is -0.480 e. The molecule has 0 bridgehead atoms. The Labute approximate surface area is 136 Å². The van der Waals surface area contributed by atoms with E-state index in [1.54, 1.807) is 0 Å². The van der Waals surface area contributed by atoms with Crippen LogP contribution >= 0.6 is 9.41 Å². The number of hydrogen-bond donors (Lipinski definition) is 0. The fraction of sp³-hybridized carbons (Fsp3) is 0.632. The van der Waals surface area contributed by atoms with Gasteiger partial charge < -0.3 is 4.52 Å². The average Bonchev–Trinajstić information content (AvgIpc) is 2.83. The van der Waals surface area contributed by atoms with Crippen molar-refractivity contribution in [2.75, 3.05) is 0 Å². The maximum Gasteiger partial charge on any atom is 0.139 e. The van der Waals surface area contributed by atoms with Gasteiger partial charge in [-0.05, 0) is 72.6 Å². The van der Waals surface area contributed by atoms with Gasteiger partial charge in [0.05, 0.1) is 10.7 Å². The maximum atomic E-state index is 12.4. The van der Waals surface area contributed by atoms with Crippen LogP contribution in [0.25, 0.3) is 0 Å². The molecule has 2 saturated carbocycles. The van der Waals surface area contributed by atoms with E-state index < -0.39 is 0 Å². The van der Waals surface area contributed by atoms with E-state index in [1.165, 1.54) is 11.1 Å². The molecule has 5 unspecified atom stereocenters. The molecule has 3 heteroatoms. The molecule has 2 nitrogen and oxygen atoms in total. The molecule has 1 aromatic rings. The average molecular weight is 318 g/mol. The zero-order chi connectivity index (χ0) is 16.2. The van der Waals surface area contributed by atoms with E-state index in [2.05, 4.69) is 26.0 Å². The summed E-state index contributed by atoms with van der Waals surface area (Å²) in [6.45, 7) is 4.60. The van der Waals surface area contributed by atoms with Gasteiger partial charge in [0, 0.05) is 11.8 Å². The van der Waals surface area contributed by atoms with Crippen molar-refractivity contribution >= 4 is 15.2 Å². The molecule has 3 aliphatic rings. The molecule has 0 spiro atoms. The Bertz CT molecular complexity index is 646. The molecule has 3 aliphatic carbocycles. The standard InChI is InChI=1S/C19H25O2P/c1-11-9-12-10-13(21-22)3-4-14(12)15-7-8-19(2)16(18(11)15)5-6-17(19)20/h3-4,10-11,15-16,18H,5-9,22H2,1-2H3/t11-,15?,16?,18?,19?/m1/s1/i22T/t11-,15?,16?,18?,19?,22?. The van der Waals surface area contributed by atoms with Crippen molar-refractivity contribution in [1.82, 2.24) is 0 Å². The molecule has 22 heavy (non-hydrogen) atoms. The van der Waals surface area contributed by atoms with Gasteiger partial charge in [0.15, 0.2) is 0 Å². The van der Waals surface area contributed by atoms with Crippen LogP contribution in [-0.2, 0) is 11.2 Å². The third-order valence-electron chi connectivity index (χ3n) is 6.87. The van der Waals surface area contributed by atoms with E-state index >= 15 is 0 Å². The predicted molar refractivity (Wildman–Crippen MR) is 91.0 cm³/mol. The lowest BCUT2D eigenvalue weighted by molar-refractivity contribution is -0.129. The molecule has 4 rings (SSSR count). The Balaban J connectivity index is 1.71. The summed E-state index contributed by atoms with van der Waals surface area (Å²) >= 11 is 0. The molecule has 0 N–H and O–H groups in total. The van der Waals surface area contributed by atoms with Crippen LogP contribution in [-0.4, -0.2) is 7.06 Å². The molecule has 0 saturated heterocycles. The van der Waals surface area contributed by atoms with Crippen molar-refractivity contribution in [3.05, 3.63) is 29.3 Å². The summed E-state index contributed by atoms with van der Waals surface area (Å²) in [4.78, 5) is 12.4. The number of fused-ring (bicyclic) bond motifs is 5. The Morgan fingerprint density at radius 3 is 3.09 bits per heavy atom. The minimum absolute atomic E-state index is 0.0533. The van der Waals surface area contributed by atoms with Gasteiger partial charge in [-0.3, -0.25) is 4.79 Å².